The number of nitrogens with zero attached hydrogens (tertiary/aromatic N) is 1. The molecule has 7 rings (SSSR count). The van der Waals surface area contributed by atoms with Crippen molar-refractivity contribution in [2.45, 2.75) is 0 Å². The topological polar surface area (TPSA) is 31.4 Å². The van der Waals surface area contributed by atoms with E-state index in [-0.39, 0.29) is 6.71 Å². The Morgan fingerprint density at radius 2 is 1.18 bits per heavy atom. The lowest BCUT2D eigenvalue weighted by Gasteiger charge is -2.34. The molecule has 3 nitrogen and oxygen atoms in total. The van der Waals surface area contributed by atoms with E-state index in [1.54, 1.807) is 0 Å². The number of hydrogen-bond acceptors (Lipinski definition) is 3. The molecule has 0 saturated carbocycles. The largest absolute Gasteiger partial charge is 0.458 e. The Morgan fingerprint density at radius 1 is 0.545 bits per heavy atom. The molecule has 0 saturated heterocycles. The molecule has 0 bridgehead atoms. The van der Waals surface area contributed by atoms with E-state index in [0.717, 1.165) is 61.8 Å². The van der Waals surface area contributed by atoms with Crippen molar-refractivity contribution in [2.75, 3.05) is 0 Å². The van der Waals surface area contributed by atoms with Gasteiger partial charge in [-0.05, 0) is 46.8 Å². The summed E-state index contributed by atoms with van der Waals surface area (Å²) in [4.78, 5) is 4.59. The van der Waals surface area contributed by atoms with E-state index in [2.05, 4.69) is 65.6 Å². The van der Waals surface area contributed by atoms with Crippen LogP contribution in [0.25, 0.3) is 22.4 Å². The number of hydrogen-bond donors (Lipinski definition) is 0. The molecule has 2 aliphatic rings. The second-order valence-electron chi connectivity index (χ2n) is 8.33. The maximum atomic E-state index is 6.55. The van der Waals surface area contributed by atoms with Crippen LogP contribution in [0.3, 0.4) is 0 Å². The minimum atomic E-state index is 0.0241. The van der Waals surface area contributed by atoms with Gasteiger partial charge in [0.15, 0.2) is 0 Å². The SMILES string of the molecule is c1ccc(-c2cccc3c2Oc2cccc4c2B3c2cccc(-c3ccccn3)c2O4)cc1. The Kier molecular flexibility index (Phi) is 3.94. The van der Waals surface area contributed by atoms with Crippen LogP contribution in [0, 0.1) is 0 Å². The number of fused-ring (bicyclic) bond motifs is 4. The highest BCUT2D eigenvalue weighted by atomic mass is 16.5. The molecular formula is C29H18BNO2. The number of pyridine rings is 1. The molecule has 33 heavy (non-hydrogen) atoms. The summed E-state index contributed by atoms with van der Waals surface area (Å²) in [5, 5.41) is 0. The lowest BCUT2D eigenvalue weighted by atomic mass is 9.34. The fourth-order valence-electron chi connectivity index (χ4n) is 5.05. The van der Waals surface area contributed by atoms with Crippen molar-refractivity contribution in [3.05, 3.63) is 109 Å². The standard InChI is InChI=1S/C29H18BNO2/c1-2-9-19(10-3-1)20-11-6-13-22-28(20)32-25-16-8-17-26-27(25)30(22)23-14-7-12-21(29(23)33-26)24-15-4-5-18-31-24/h1-18H. The van der Waals surface area contributed by atoms with Crippen LogP contribution in [0.5, 0.6) is 23.0 Å². The molecule has 154 valence electrons. The molecule has 5 aromatic rings. The fourth-order valence-corrected chi connectivity index (χ4v) is 5.05. The first kappa shape index (κ1) is 18.3. The monoisotopic (exact) mass is 423 g/mol. The molecule has 0 fully saturated rings. The van der Waals surface area contributed by atoms with Gasteiger partial charge >= 0.3 is 0 Å². The second kappa shape index (κ2) is 7.11. The first-order chi connectivity index (χ1) is 16.4. The van der Waals surface area contributed by atoms with Crippen molar-refractivity contribution < 1.29 is 9.47 Å². The third-order valence-electron chi connectivity index (χ3n) is 6.48. The number of ether oxygens (including phenoxy) is 2. The van der Waals surface area contributed by atoms with Gasteiger partial charge in [-0.15, -0.1) is 0 Å². The molecule has 0 spiro atoms. The summed E-state index contributed by atoms with van der Waals surface area (Å²) in [6.07, 6.45) is 1.82. The molecular weight excluding hydrogens is 405 g/mol. The normalized spacial score (nSPS) is 12.7. The fraction of sp³-hybridized carbons (Fsp3) is 0. The van der Waals surface area contributed by atoms with E-state index >= 15 is 0 Å². The Labute approximate surface area is 192 Å². The van der Waals surface area contributed by atoms with Crippen LogP contribution < -0.4 is 25.9 Å². The van der Waals surface area contributed by atoms with Gasteiger partial charge in [-0.25, -0.2) is 0 Å². The first-order valence-corrected chi connectivity index (χ1v) is 11.1. The molecule has 0 unspecified atom stereocenters. The van der Waals surface area contributed by atoms with Crippen molar-refractivity contribution in [2.24, 2.45) is 0 Å². The Hall–Kier alpha value is -4.31. The highest BCUT2D eigenvalue weighted by molar-refractivity contribution is 6.98. The minimum Gasteiger partial charge on any atom is -0.458 e. The molecule has 1 aromatic heterocycles. The minimum absolute atomic E-state index is 0.0241. The van der Waals surface area contributed by atoms with Gasteiger partial charge in [0.25, 0.3) is 6.71 Å². The molecule has 3 heterocycles. The lowest BCUT2D eigenvalue weighted by Crippen LogP contribution is -2.57. The number of benzene rings is 4. The van der Waals surface area contributed by atoms with Crippen LogP contribution in [0.4, 0.5) is 0 Å². The first-order valence-electron chi connectivity index (χ1n) is 11.1. The van der Waals surface area contributed by atoms with E-state index in [1.807, 2.05) is 48.7 Å². The zero-order valence-electron chi connectivity index (χ0n) is 17.7. The van der Waals surface area contributed by atoms with Crippen LogP contribution in [-0.4, -0.2) is 11.7 Å². The third kappa shape index (κ3) is 2.74. The highest BCUT2D eigenvalue weighted by Crippen LogP contribution is 2.40. The van der Waals surface area contributed by atoms with Crippen molar-refractivity contribution in [1.82, 2.24) is 4.98 Å². The Balaban J connectivity index is 1.50. The summed E-state index contributed by atoms with van der Waals surface area (Å²) in [5.74, 6) is 3.46. The Bertz CT molecular complexity index is 1400. The van der Waals surface area contributed by atoms with Gasteiger partial charge in [0.1, 0.15) is 23.0 Å². The molecule has 4 heteroatoms. The smallest absolute Gasteiger partial charge is 0.260 e. The molecule has 0 atom stereocenters. The second-order valence-corrected chi connectivity index (χ2v) is 8.33. The predicted molar refractivity (Wildman–Crippen MR) is 133 cm³/mol. The van der Waals surface area contributed by atoms with E-state index in [9.17, 15) is 0 Å². The van der Waals surface area contributed by atoms with Gasteiger partial charge in [0.2, 0.25) is 0 Å². The zero-order chi connectivity index (χ0) is 21.8. The van der Waals surface area contributed by atoms with E-state index < -0.39 is 0 Å². The summed E-state index contributed by atoms with van der Waals surface area (Å²) in [6, 6.07) is 35.2. The average molecular weight is 423 g/mol. The van der Waals surface area contributed by atoms with Gasteiger partial charge < -0.3 is 9.47 Å². The summed E-state index contributed by atoms with van der Waals surface area (Å²) in [6.45, 7) is 0.0241. The van der Waals surface area contributed by atoms with E-state index in [4.69, 9.17) is 9.47 Å². The van der Waals surface area contributed by atoms with Crippen molar-refractivity contribution >= 4 is 23.1 Å². The molecule has 2 aliphatic heterocycles. The molecule has 4 aromatic carbocycles. The van der Waals surface area contributed by atoms with Crippen LogP contribution in [0.2, 0.25) is 0 Å². The summed E-state index contributed by atoms with van der Waals surface area (Å²) in [7, 11) is 0. The average Bonchev–Trinajstić information content (AvgIpc) is 2.89. The molecule has 0 N–H and O–H groups in total. The highest BCUT2D eigenvalue weighted by Gasteiger charge is 2.41. The summed E-state index contributed by atoms with van der Waals surface area (Å²) in [5.41, 5.74) is 7.50. The number of rotatable bonds is 2. The predicted octanol–water partition coefficient (Wildman–Crippen LogP) is 5.14. The van der Waals surface area contributed by atoms with Crippen molar-refractivity contribution in [3.8, 4) is 45.4 Å². The van der Waals surface area contributed by atoms with Crippen LogP contribution in [0.1, 0.15) is 0 Å². The lowest BCUT2D eigenvalue weighted by molar-refractivity contribution is 0.466. The maximum absolute atomic E-state index is 6.55. The van der Waals surface area contributed by atoms with Gasteiger partial charge in [-0.2, -0.15) is 0 Å². The van der Waals surface area contributed by atoms with Gasteiger partial charge in [0.05, 0.1) is 5.69 Å². The zero-order valence-corrected chi connectivity index (χ0v) is 17.7. The van der Waals surface area contributed by atoms with Crippen molar-refractivity contribution in [1.29, 1.82) is 0 Å². The third-order valence-corrected chi connectivity index (χ3v) is 6.48. The number of para-hydroxylation sites is 2. The van der Waals surface area contributed by atoms with Crippen LogP contribution in [0.15, 0.2) is 109 Å². The molecule has 0 amide bonds. The summed E-state index contributed by atoms with van der Waals surface area (Å²) < 4.78 is 13.1. The molecule has 0 aliphatic carbocycles. The van der Waals surface area contributed by atoms with Crippen LogP contribution in [-0.2, 0) is 0 Å². The van der Waals surface area contributed by atoms with Crippen molar-refractivity contribution in [3.63, 3.8) is 0 Å². The quantitative estimate of drug-likeness (QED) is 0.361. The maximum Gasteiger partial charge on any atom is 0.260 e. The van der Waals surface area contributed by atoms with E-state index in [1.165, 1.54) is 0 Å². The van der Waals surface area contributed by atoms with Gasteiger partial charge in [0, 0.05) is 22.8 Å². The van der Waals surface area contributed by atoms with Gasteiger partial charge in [-0.1, -0.05) is 72.8 Å². The van der Waals surface area contributed by atoms with Crippen LogP contribution >= 0.6 is 0 Å². The van der Waals surface area contributed by atoms with E-state index in [0.29, 0.717) is 0 Å². The van der Waals surface area contributed by atoms with Gasteiger partial charge in [-0.3, -0.25) is 4.98 Å². The molecule has 0 radical (unpaired) electrons. The Morgan fingerprint density at radius 3 is 1.88 bits per heavy atom. The summed E-state index contributed by atoms with van der Waals surface area (Å²) >= 11 is 0. The number of aromatic nitrogens is 1.